The van der Waals surface area contributed by atoms with E-state index in [4.69, 9.17) is 0 Å². The molecular weight excluding hydrogens is 385 g/mol. The summed E-state index contributed by atoms with van der Waals surface area (Å²) in [5, 5.41) is 2.54. The van der Waals surface area contributed by atoms with Gasteiger partial charge in [-0.1, -0.05) is 12.1 Å². The standard InChI is InChI=1S/C19H20FN3O4S/c20-16-5-1-2-6-17(16)22-28(26,27)15-9-7-14(8-10-15)19(25)21-13-18(24)23-11-3-4-12-23/h1-2,5-10,22H,3-4,11-13H2,(H,21,25). The highest BCUT2D eigenvalue weighted by Gasteiger charge is 2.19. The monoisotopic (exact) mass is 405 g/mol. The van der Waals surface area contributed by atoms with Crippen LogP contribution in [-0.4, -0.2) is 44.8 Å². The second kappa shape index (κ2) is 8.39. The molecule has 0 saturated carbocycles. The van der Waals surface area contributed by atoms with Gasteiger partial charge in [-0.3, -0.25) is 14.3 Å². The predicted octanol–water partition coefficient (Wildman–Crippen LogP) is 1.98. The molecule has 1 heterocycles. The molecule has 2 amide bonds. The van der Waals surface area contributed by atoms with E-state index in [-0.39, 0.29) is 28.6 Å². The van der Waals surface area contributed by atoms with Crippen molar-refractivity contribution in [3.05, 3.63) is 59.9 Å². The highest BCUT2D eigenvalue weighted by Crippen LogP contribution is 2.19. The maximum atomic E-state index is 13.7. The SMILES string of the molecule is O=C(NCC(=O)N1CCCC1)c1ccc(S(=O)(=O)Nc2ccccc2F)cc1. The van der Waals surface area contributed by atoms with Crippen molar-refractivity contribution >= 4 is 27.5 Å². The Bertz CT molecular complexity index is 971. The third kappa shape index (κ3) is 4.66. The minimum absolute atomic E-state index is 0.103. The molecule has 0 spiro atoms. The Balaban J connectivity index is 1.62. The van der Waals surface area contributed by atoms with Gasteiger partial charge >= 0.3 is 0 Å². The summed E-state index contributed by atoms with van der Waals surface area (Å²) < 4.78 is 40.6. The van der Waals surface area contributed by atoms with Crippen molar-refractivity contribution in [2.75, 3.05) is 24.4 Å². The lowest BCUT2D eigenvalue weighted by atomic mass is 10.2. The third-order valence-corrected chi connectivity index (χ3v) is 5.79. The maximum Gasteiger partial charge on any atom is 0.261 e. The van der Waals surface area contributed by atoms with Crippen molar-refractivity contribution in [3.8, 4) is 0 Å². The van der Waals surface area contributed by atoms with Crippen LogP contribution in [0.15, 0.2) is 53.4 Å². The lowest BCUT2D eigenvalue weighted by molar-refractivity contribution is -0.129. The molecule has 0 radical (unpaired) electrons. The van der Waals surface area contributed by atoms with Gasteiger partial charge in [-0.15, -0.1) is 0 Å². The van der Waals surface area contributed by atoms with E-state index in [1.807, 2.05) is 0 Å². The third-order valence-electron chi connectivity index (χ3n) is 4.40. The lowest BCUT2D eigenvalue weighted by Gasteiger charge is -2.15. The van der Waals surface area contributed by atoms with Gasteiger partial charge in [0, 0.05) is 18.7 Å². The average molecular weight is 405 g/mol. The molecule has 0 unspecified atom stereocenters. The van der Waals surface area contributed by atoms with Crippen LogP contribution in [0.1, 0.15) is 23.2 Å². The highest BCUT2D eigenvalue weighted by molar-refractivity contribution is 7.92. The van der Waals surface area contributed by atoms with Crippen LogP contribution in [0.3, 0.4) is 0 Å². The first-order valence-electron chi connectivity index (χ1n) is 8.80. The van der Waals surface area contributed by atoms with Crippen molar-refractivity contribution in [2.24, 2.45) is 0 Å². The summed E-state index contributed by atoms with van der Waals surface area (Å²) in [5.41, 5.74) is 0.0591. The van der Waals surface area contributed by atoms with E-state index in [9.17, 15) is 22.4 Å². The second-order valence-electron chi connectivity index (χ2n) is 6.38. The average Bonchev–Trinajstić information content (AvgIpc) is 3.22. The summed E-state index contributed by atoms with van der Waals surface area (Å²) in [6.45, 7) is 1.31. The van der Waals surface area contributed by atoms with Gasteiger partial charge < -0.3 is 10.2 Å². The number of amides is 2. The molecule has 0 bridgehead atoms. The van der Waals surface area contributed by atoms with E-state index in [1.165, 1.54) is 42.5 Å². The minimum Gasteiger partial charge on any atom is -0.343 e. The number of halogens is 1. The Labute approximate surface area is 162 Å². The van der Waals surface area contributed by atoms with Gasteiger partial charge in [0.05, 0.1) is 17.1 Å². The summed E-state index contributed by atoms with van der Waals surface area (Å²) in [6.07, 6.45) is 1.94. The molecular formula is C19H20FN3O4S. The molecule has 2 aromatic rings. The number of sulfonamides is 1. The molecule has 7 nitrogen and oxygen atoms in total. The summed E-state index contributed by atoms with van der Waals surface area (Å²) >= 11 is 0. The number of rotatable bonds is 6. The Morgan fingerprint density at radius 1 is 1.00 bits per heavy atom. The van der Waals surface area contributed by atoms with Gasteiger partial charge in [-0.2, -0.15) is 0 Å². The van der Waals surface area contributed by atoms with Gasteiger partial charge in [0.25, 0.3) is 15.9 Å². The topological polar surface area (TPSA) is 95.6 Å². The number of hydrogen-bond acceptors (Lipinski definition) is 4. The van der Waals surface area contributed by atoms with Crippen molar-refractivity contribution in [2.45, 2.75) is 17.7 Å². The molecule has 9 heteroatoms. The molecule has 3 rings (SSSR count). The van der Waals surface area contributed by atoms with E-state index in [1.54, 1.807) is 4.90 Å². The molecule has 28 heavy (non-hydrogen) atoms. The Hall–Kier alpha value is -2.94. The Morgan fingerprint density at radius 2 is 1.64 bits per heavy atom. The molecule has 1 fully saturated rings. The summed E-state index contributed by atoms with van der Waals surface area (Å²) in [6, 6.07) is 10.6. The fourth-order valence-electron chi connectivity index (χ4n) is 2.87. The van der Waals surface area contributed by atoms with Crippen LogP contribution >= 0.6 is 0 Å². The van der Waals surface area contributed by atoms with Crippen molar-refractivity contribution < 1.29 is 22.4 Å². The van der Waals surface area contributed by atoms with Crippen molar-refractivity contribution in [1.29, 1.82) is 0 Å². The Morgan fingerprint density at radius 3 is 2.29 bits per heavy atom. The number of nitrogens with one attached hydrogen (secondary N) is 2. The summed E-state index contributed by atoms with van der Waals surface area (Å²) in [4.78, 5) is 25.7. The number of carbonyl (C=O) groups excluding carboxylic acids is 2. The van der Waals surface area contributed by atoms with E-state index in [0.29, 0.717) is 13.1 Å². The first kappa shape index (κ1) is 19.8. The molecule has 0 atom stereocenters. The van der Waals surface area contributed by atoms with Crippen molar-refractivity contribution in [3.63, 3.8) is 0 Å². The number of benzene rings is 2. The van der Waals surface area contributed by atoms with Crippen LogP contribution in [0.5, 0.6) is 0 Å². The van der Waals surface area contributed by atoms with E-state index >= 15 is 0 Å². The minimum atomic E-state index is -4.00. The van der Waals surface area contributed by atoms with Crippen LogP contribution in [-0.2, 0) is 14.8 Å². The predicted molar refractivity (Wildman–Crippen MR) is 102 cm³/mol. The zero-order valence-corrected chi connectivity index (χ0v) is 15.8. The molecule has 2 N–H and O–H groups in total. The summed E-state index contributed by atoms with van der Waals surface area (Å²) in [5.74, 6) is -1.30. The fourth-order valence-corrected chi connectivity index (χ4v) is 3.94. The van der Waals surface area contributed by atoms with Crippen LogP contribution in [0, 0.1) is 5.82 Å². The highest BCUT2D eigenvalue weighted by atomic mass is 32.2. The summed E-state index contributed by atoms with van der Waals surface area (Å²) in [7, 11) is -4.00. The fraction of sp³-hybridized carbons (Fsp3) is 0.263. The van der Waals surface area contributed by atoms with Gasteiger partial charge in [0.15, 0.2) is 0 Å². The van der Waals surface area contributed by atoms with Gasteiger partial charge in [-0.25, -0.2) is 12.8 Å². The van der Waals surface area contributed by atoms with E-state index in [2.05, 4.69) is 10.0 Å². The molecule has 0 aromatic heterocycles. The number of nitrogens with zero attached hydrogens (tertiary/aromatic N) is 1. The largest absolute Gasteiger partial charge is 0.343 e. The molecule has 1 saturated heterocycles. The lowest BCUT2D eigenvalue weighted by Crippen LogP contribution is -2.38. The van der Waals surface area contributed by atoms with Gasteiger partial charge in [0.1, 0.15) is 5.82 Å². The molecule has 0 aliphatic carbocycles. The quantitative estimate of drug-likeness (QED) is 0.768. The maximum absolute atomic E-state index is 13.7. The normalized spacial score (nSPS) is 14.0. The van der Waals surface area contributed by atoms with Crippen LogP contribution in [0.4, 0.5) is 10.1 Å². The van der Waals surface area contributed by atoms with Gasteiger partial charge in [-0.05, 0) is 49.2 Å². The first-order chi connectivity index (χ1) is 13.4. The number of hydrogen-bond donors (Lipinski definition) is 2. The first-order valence-corrected chi connectivity index (χ1v) is 10.3. The zero-order valence-electron chi connectivity index (χ0n) is 15.0. The van der Waals surface area contributed by atoms with Crippen LogP contribution < -0.4 is 10.0 Å². The number of likely N-dealkylation sites (tertiary alicyclic amines) is 1. The molecule has 2 aromatic carbocycles. The van der Waals surface area contributed by atoms with Crippen LogP contribution in [0.25, 0.3) is 0 Å². The van der Waals surface area contributed by atoms with E-state index in [0.717, 1.165) is 18.9 Å². The Kier molecular flexibility index (Phi) is 5.93. The van der Waals surface area contributed by atoms with E-state index < -0.39 is 21.7 Å². The molecule has 148 valence electrons. The zero-order chi connectivity index (χ0) is 20.1. The molecule has 1 aliphatic rings. The van der Waals surface area contributed by atoms with Crippen LogP contribution in [0.2, 0.25) is 0 Å². The number of carbonyl (C=O) groups is 2. The number of para-hydroxylation sites is 1. The number of anilines is 1. The van der Waals surface area contributed by atoms with Crippen molar-refractivity contribution in [1.82, 2.24) is 10.2 Å². The van der Waals surface area contributed by atoms with Gasteiger partial charge in [0.2, 0.25) is 5.91 Å². The smallest absolute Gasteiger partial charge is 0.261 e. The molecule has 1 aliphatic heterocycles. The second-order valence-corrected chi connectivity index (χ2v) is 8.06.